The summed E-state index contributed by atoms with van der Waals surface area (Å²) < 4.78 is 5.49. The van der Waals surface area contributed by atoms with Gasteiger partial charge in [0, 0.05) is 19.2 Å². The minimum Gasteiger partial charge on any atom is -0.392 e. The van der Waals surface area contributed by atoms with Gasteiger partial charge in [-0.2, -0.15) is 0 Å². The molecule has 0 aliphatic rings. The fraction of sp³-hybridized carbons (Fsp3) is 0.333. The standard InChI is InChI=1S/C12H17NO/c1-11(13-2)8-9-14-10-12-6-4-3-5-7-12/h3-7,13H,1,8-10H2,2H3. The van der Waals surface area contributed by atoms with Gasteiger partial charge in [0.1, 0.15) is 0 Å². The largest absolute Gasteiger partial charge is 0.392 e. The van der Waals surface area contributed by atoms with Crippen LogP contribution in [0, 0.1) is 0 Å². The van der Waals surface area contributed by atoms with Gasteiger partial charge in [0.15, 0.2) is 0 Å². The van der Waals surface area contributed by atoms with Crippen molar-refractivity contribution in [3.63, 3.8) is 0 Å². The molecule has 0 spiro atoms. The molecule has 14 heavy (non-hydrogen) atoms. The first kappa shape index (κ1) is 10.8. The van der Waals surface area contributed by atoms with Crippen LogP contribution in [0.25, 0.3) is 0 Å². The molecule has 0 heterocycles. The molecule has 0 saturated carbocycles. The molecule has 0 fully saturated rings. The van der Waals surface area contributed by atoms with E-state index in [0.29, 0.717) is 13.2 Å². The van der Waals surface area contributed by atoms with Crippen LogP contribution in [-0.2, 0) is 11.3 Å². The first-order valence-corrected chi connectivity index (χ1v) is 4.80. The molecule has 0 aliphatic heterocycles. The van der Waals surface area contributed by atoms with Gasteiger partial charge in [-0.25, -0.2) is 0 Å². The number of ether oxygens (including phenoxy) is 1. The van der Waals surface area contributed by atoms with Gasteiger partial charge in [-0.3, -0.25) is 0 Å². The summed E-state index contributed by atoms with van der Waals surface area (Å²) in [5, 5.41) is 2.99. The summed E-state index contributed by atoms with van der Waals surface area (Å²) >= 11 is 0. The number of nitrogens with one attached hydrogen (secondary N) is 1. The molecular weight excluding hydrogens is 174 g/mol. The number of benzene rings is 1. The average molecular weight is 191 g/mol. The van der Waals surface area contributed by atoms with Gasteiger partial charge in [-0.1, -0.05) is 36.9 Å². The number of hydrogen-bond donors (Lipinski definition) is 1. The molecule has 0 unspecified atom stereocenters. The lowest BCUT2D eigenvalue weighted by Crippen LogP contribution is -2.07. The van der Waals surface area contributed by atoms with Gasteiger partial charge in [0.2, 0.25) is 0 Å². The van der Waals surface area contributed by atoms with Crippen LogP contribution in [0.2, 0.25) is 0 Å². The molecule has 1 aromatic carbocycles. The quantitative estimate of drug-likeness (QED) is 0.697. The van der Waals surface area contributed by atoms with E-state index >= 15 is 0 Å². The topological polar surface area (TPSA) is 21.3 Å². The van der Waals surface area contributed by atoms with Crippen molar-refractivity contribution in [3.8, 4) is 0 Å². The Morgan fingerprint density at radius 2 is 2.07 bits per heavy atom. The van der Waals surface area contributed by atoms with E-state index in [2.05, 4.69) is 24.0 Å². The van der Waals surface area contributed by atoms with E-state index in [-0.39, 0.29) is 0 Å². The smallest absolute Gasteiger partial charge is 0.0717 e. The van der Waals surface area contributed by atoms with Crippen molar-refractivity contribution >= 4 is 0 Å². The summed E-state index contributed by atoms with van der Waals surface area (Å²) in [6.07, 6.45) is 0.864. The second-order valence-electron chi connectivity index (χ2n) is 3.14. The zero-order valence-electron chi connectivity index (χ0n) is 8.62. The van der Waals surface area contributed by atoms with E-state index in [0.717, 1.165) is 12.1 Å². The molecule has 2 nitrogen and oxygen atoms in total. The number of hydrogen-bond acceptors (Lipinski definition) is 2. The van der Waals surface area contributed by atoms with Crippen LogP contribution in [0.15, 0.2) is 42.6 Å². The zero-order chi connectivity index (χ0) is 10.2. The van der Waals surface area contributed by atoms with Crippen molar-refractivity contribution in [2.24, 2.45) is 0 Å². The summed E-state index contributed by atoms with van der Waals surface area (Å²) in [7, 11) is 1.87. The van der Waals surface area contributed by atoms with E-state index in [1.54, 1.807) is 0 Å². The summed E-state index contributed by atoms with van der Waals surface area (Å²) in [6, 6.07) is 10.2. The molecule has 0 atom stereocenters. The Balaban J connectivity index is 2.13. The first-order chi connectivity index (χ1) is 6.83. The lowest BCUT2D eigenvalue weighted by atomic mass is 10.2. The average Bonchev–Trinajstić information content (AvgIpc) is 2.25. The highest BCUT2D eigenvalue weighted by atomic mass is 16.5. The van der Waals surface area contributed by atoms with Crippen molar-refractivity contribution in [1.82, 2.24) is 5.32 Å². The second-order valence-corrected chi connectivity index (χ2v) is 3.14. The van der Waals surface area contributed by atoms with Gasteiger partial charge in [-0.05, 0) is 5.56 Å². The van der Waals surface area contributed by atoms with Gasteiger partial charge >= 0.3 is 0 Å². The van der Waals surface area contributed by atoms with Crippen molar-refractivity contribution in [2.45, 2.75) is 13.0 Å². The predicted molar refractivity (Wildman–Crippen MR) is 58.9 cm³/mol. The van der Waals surface area contributed by atoms with Gasteiger partial charge in [0.25, 0.3) is 0 Å². The molecule has 0 aliphatic carbocycles. The highest BCUT2D eigenvalue weighted by Gasteiger charge is 1.93. The molecule has 0 aromatic heterocycles. The van der Waals surface area contributed by atoms with Crippen molar-refractivity contribution in [1.29, 1.82) is 0 Å². The summed E-state index contributed by atoms with van der Waals surface area (Å²) in [5.74, 6) is 0. The van der Waals surface area contributed by atoms with Crippen LogP contribution in [0.4, 0.5) is 0 Å². The summed E-state index contributed by atoms with van der Waals surface area (Å²) in [6.45, 7) is 5.22. The predicted octanol–water partition coefficient (Wildman–Crippen LogP) is 2.33. The third-order valence-electron chi connectivity index (χ3n) is 2.01. The zero-order valence-corrected chi connectivity index (χ0v) is 8.62. The SMILES string of the molecule is C=C(CCOCc1ccccc1)NC. The van der Waals surface area contributed by atoms with Crippen molar-refractivity contribution in [3.05, 3.63) is 48.2 Å². The molecule has 1 rings (SSSR count). The lowest BCUT2D eigenvalue weighted by Gasteiger charge is -2.06. The van der Waals surface area contributed by atoms with Crippen LogP contribution in [0.5, 0.6) is 0 Å². The van der Waals surface area contributed by atoms with Crippen LogP contribution in [0.3, 0.4) is 0 Å². The van der Waals surface area contributed by atoms with Crippen molar-refractivity contribution in [2.75, 3.05) is 13.7 Å². The summed E-state index contributed by atoms with van der Waals surface area (Å²) in [5.41, 5.74) is 2.22. The fourth-order valence-electron chi connectivity index (χ4n) is 1.08. The minimum atomic E-state index is 0.678. The lowest BCUT2D eigenvalue weighted by molar-refractivity contribution is 0.123. The van der Waals surface area contributed by atoms with Crippen molar-refractivity contribution < 1.29 is 4.74 Å². The number of rotatable bonds is 6. The molecule has 1 N–H and O–H groups in total. The maximum atomic E-state index is 5.49. The van der Waals surface area contributed by atoms with Gasteiger partial charge in [-0.15, -0.1) is 0 Å². The maximum Gasteiger partial charge on any atom is 0.0717 e. The first-order valence-electron chi connectivity index (χ1n) is 4.80. The molecule has 0 bridgehead atoms. The second kappa shape index (κ2) is 6.22. The van der Waals surface area contributed by atoms with Gasteiger partial charge in [0.05, 0.1) is 13.2 Å². The molecule has 2 heteroatoms. The highest BCUT2D eigenvalue weighted by molar-refractivity contribution is 5.13. The Morgan fingerprint density at radius 1 is 1.36 bits per heavy atom. The van der Waals surface area contributed by atoms with E-state index in [9.17, 15) is 0 Å². The molecule has 1 aromatic rings. The Labute approximate surface area is 85.6 Å². The monoisotopic (exact) mass is 191 g/mol. The molecular formula is C12H17NO. The minimum absolute atomic E-state index is 0.678. The highest BCUT2D eigenvalue weighted by Crippen LogP contribution is 2.01. The molecule has 76 valence electrons. The van der Waals surface area contributed by atoms with E-state index in [1.807, 2.05) is 25.2 Å². The fourth-order valence-corrected chi connectivity index (χ4v) is 1.08. The normalized spacial score (nSPS) is 9.79. The third-order valence-corrected chi connectivity index (χ3v) is 2.01. The van der Waals surface area contributed by atoms with E-state index in [1.165, 1.54) is 5.56 Å². The van der Waals surface area contributed by atoms with Crippen LogP contribution in [0.1, 0.15) is 12.0 Å². The van der Waals surface area contributed by atoms with Crippen LogP contribution >= 0.6 is 0 Å². The molecule has 0 amide bonds. The Hall–Kier alpha value is -1.28. The molecule has 0 saturated heterocycles. The Morgan fingerprint density at radius 3 is 2.71 bits per heavy atom. The van der Waals surface area contributed by atoms with Crippen LogP contribution in [-0.4, -0.2) is 13.7 Å². The maximum absolute atomic E-state index is 5.49. The van der Waals surface area contributed by atoms with E-state index < -0.39 is 0 Å². The Kier molecular flexibility index (Phi) is 4.79. The Bertz CT molecular complexity index is 269. The van der Waals surface area contributed by atoms with Gasteiger partial charge < -0.3 is 10.1 Å². The van der Waals surface area contributed by atoms with Crippen LogP contribution < -0.4 is 5.32 Å². The third kappa shape index (κ3) is 4.10. The molecule has 0 radical (unpaired) electrons. The summed E-state index contributed by atoms with van der Waals surface area (Å²) in [4.78, 5) is 0. The van der Waals surface area contributed by atoms with E-state index in [4.69, 9.17) is 4.74 Å².